The molecule has 0 radical (unpaired) electrons. The minimum absolute atomic E-state index is 0.241. The molecule has 0 heterocycles. The van der Waals surface area contributed by atoms with E-state index in [-0.39, 0.29) is 11.9 Å². The molecule has 8 nitrogen and oxygen atoms in total. The van der Waals surface area contributed by atoms with Gasteiger partial charge in [0, 0.05) is 51.9 Å². The summed E-state index contributed by atoms with van der Waals surface area (Å²) in [6, 6.07) is 0. The third-order valence-electron chi connectivity index (χ3n) is 6.01. The van der Waals surface area contributed by atoms with Gasteiger partial charge in [-0.3, -0.25) is 19.2 Å². The minimum atomic E-state index is -0.241. The minimum Gasteiger partial charge on any atom is -0.469 e. The fraction of sp³-hybridized carbons (Fsp3) is 0.857. The van der Waals surface area contributed by atoms with E-state index < -0.39 is 0 Å². The Bertz CT molecular complexity index is 534. The van der Waals surface area contributed by atoms with Crippen molar-refractivity contribution < 1.29 is 28.7 Å². The molecule has 0 bridgehead atoms. The summed E-state index contributed by atoms with van der Waals surface area (Å²) in [5.74, 6) is 0.257. The van der Waals surface area contributed by atoms with E-state index >= 15 is 0 Å². The lowest BCUT2D eigenvalue weighted by molar-refractivity contribution is -0.141. The number of esters is 2. The molecule has 0 aromatic rings. The smallest absolute Gasteiger partial charge is 0.306 e. The van der Waals surface area contributed by atoms with Gasteiger partial charge in [0.15, 0.2) is 0 Å². The van der Waals surface area contributed by atoms with Crippen molar-refractivity contribution in [2.75, 3.05) is 54.5 Å². The number of unbranched alkanes of at least 4 members (excludes halogenated alkanes) is 6. The Morgan fingerprint density at radius 3 is 1.14 bits per heavy atom. The van der Waals surface area contributed by atoms with E-state index in [4.69, 9.17) is 0 Å². The van der Waals surface area contributed by atoms with Crippen molar-refractivity contribution in [3.05, 3.63) is 0 Å². The monoisotopic (exact) mass is 514 g/mol. The topological polar surface area (TPSA) is 93.2 Å². The van der Waals surface area contributed by atoms with Crippen molar-refractivity contribution in [3.63, 3.8) is 0 Å². The summed E-state index contributed by atoms with van der Waals surface area (Å²) in [6.07, 6.45) is 12.7. The largest absolute Gasteiger partial charge is 0.469 e. The number of methoxy groups -OCH3 is 2. The van der Waals surface area contributed by atoms with Gasteiger partial charge in [-0.25, -0.2) is 0 Å². The maximum atomic E-state index is 11.8. The molecule has 0 aliphatic rings. The summed E-state index contributed by atoms with van der Waals surface area (Å²) >= 11 is 0. The molecular weight excluding hydrogens is 460 g/mol. The van der Waals surface area contributed by atoms with Crippen LogP contribution in [0, 0.1) is 0 Å². The number of hydrogen-bond donors (Lipinski definition) is 0. The lowest BCUT2D eigenvalue weighted by atomic mass is 10.1. The molecule has 0 aromatic carbocycles. The molecule has 212 valence electrons. The average Bonchev–Trinajstić information content (AvgIpc) is 2.88. The van der Waals surface area contributed by atoms with Crippen molar-refractivity contribution in [1.29, 1.82) is 0 Å². The molecule has 0 unspecified atom stereocenters. The quantitative estimate of drug-likeness (QED) is 0.150. The van der Waals surface area contributed by atoms with Crippen LogP contribution in [0.5, 0.6) is 0 Å². The Labute approximate surface area is 220 Å². The SMILES string of the molecule is CCCCCCC(=O)CCN(C)CCC(=O)CCCCCC.COC(=O)CCN(C)CCC(=O)OC. The highest BCUT2D eigenvalue weighted by Gasteiger charge is 2.08. The second-order valence-electron chi connectivity index (χ2n) is 9.46. The number of carbonyl (C=O) groups is 4. The first kappa shape index (κ1) is 36.4. The maximum absolute atomic E-state index is 11.8. The lowest BCUT2D eigenvalue weighted by Gasteiger charge is -2.15. The molecule has 0 saturated carbocycles. The van der Waals surface area contributed by atoms with Gasteiger partial charge in [-0.1, -0.05) is 52.4 Å². The van der Waals surface area contributed by atoms with E-state index in [9.17, 15) is 19.2 Å². The van der Waals surface area contributed by atoms with Crippen molar-refractivity contribution in [3.8, 4) is 0 Å². The fourth-order valence-electron chi connectivity index (χ4n) is 3.37. The lowest BCUT2D eigenvalue weighted by Crippen LogP contribution is -2.25. The molecule has 0 aliphatic heterocycles. The molecule has 0 amide bonds. The molecule has 0 saturated heterocycles. The van der Waals surface area contributed by atoms with Crippen molar-refractivity contribution in [2.24, 2.45) is 0 Å². The van der Waals surface area contributed by atoms with E-state index in [1.165, 1.54) is 52.7 Å². The highest BCUT2D eigenvalue weighted by molar-refractivity contribution is 5.79. The number of ketones is 2. The van der Waals surface area contributed by atoms with Gasteiger partial charge in [0.2, 0.25) is 0 Å². The van der Waals surface area contributed by atoms with E-state index in [2.05, 4.69) is 28.2 Å². The van der Waals surface area contributed by atoms with Crippen LogP contribution in [0.4, 0.5) is 0 Å². The molecule has 0 fully saturated rings. The van der Waals surface area contributed by atoms with Crippen LogP contribution in [-0.4, -0.2) is 87.8 Å². The highest BCUT2D eigenvalue weighted by Crippen LogP contribution is 2.07. The first-order valence-electron chi connectivity index (χ1n) is 13.7. The van der Waals surface area contributed by atoms with Gasteiger partial charge >= 0.3 is 11.9 Å². The summed E-state index contributed by atoms with van der Waals surface area (Å²) in [5, 5.41) is 0. The van der Waals surface area contributed by atoms with Gasteiger partial charge in [0.25, 0.3) is 0 Å². The van der Waals surface area contributed by atoms with Crippen LogP contribution in [0.1, 0.15) is 104 Å². The molecule has 8 heteroatoms. The molecule has 36 heavy (non-hydrogen) atoms. The molecule has 0 aromatic heterocycles. The highest BCUT2D eigenvalue weighted by atomic mass is 16.5. The standard InChI is InChI=1S/C19H37NO2.C9H17NO4/c1-4-6-8-10-12-18(21)14-16-20(3)17-15-19(22)13-11-9-7-5-2;1-10(6-4-8(11)13-2)7-5-9(12)14-3/h4-17H2,1-3H3;4-7H2,1-3H3. The summed E-state index contributed by atoms with van der Waals surface area (Å²) in [7, 11) is 6.56. The number of carbonyl (C=O) groups excluding carboxylic acids is 4. The predicted octanol–water partition coefficient (Wildman–Crippen LogP) is 4.82. The van der Waals surface area contributed by atoms with Gasteiger partial charge in [-0.2, -0.15) is 0 Å². The predicted molar refractivity (Wildman–Crippen MR) is 145 cm³/mol. The average molecular weight is 515 g/mol. The van der Waals surface area contributed by atoms with Gasteiger partial charge < -0.3 is 19.3 Å². The fourth-order valence-corrected chi connectivity index (χ4v) is 3.37. The Kier molecular flexibility index (Phi) is 26.5. The van der Waals surface area contributed by atoms with Crippen LogP contribution >= 0.6 is 0 Å². The zero-order valence-corrected chi connectivity index (χ0v) is 24.1. The van der Waals surface area contributed by atoms with Crippen LogP contribution in [0.15, 0.2) is 0 Å². The number of hydrogen-bond acceptors (Lipinski definition) is 8. The molecule has 0 atom stereocenters. The zero-order chi connectivity index (χ0) is 27.6. The second kappa shape index (κ2) is 26.3. The Morgan fingerprint density at radius 1 is 0.500 bits per heavy atom. The number of Topliss-reactive ketones (excluding diaryl/α,β-unsaturated/α-hetero) is 2. The molecule has 0 N–H and O–H groups in total. The first-order valence-corrected chi connectivity index (χ1v) is 13.7. The Balaban J connectivity index is 0. The zero-order valence-electron chi connectivity index (χ0n) is 24.1. The molecular formula is C28H54N2O6. The van der Waals surface area contributed by atoms with E-state index in [1.807, 2.05) is 19.0 Å². The van der Waals surface area contributed by atoms with Gasteiger partial charge in [-0.15, -0.1) is 0 Å². The molecule has 0 rings (SSSR count). The van der Waals surface area contributed by atoms with Crippen molar-refractivity contribution >= 4 is 23.5 Å². The van der Waals surface area contributed by atoms with E-state index in [0.29, 0.717) is 50.3 Å². The summed E-state index contributed by atoms with van der Waals surface area (Å²) in [4.78, 5) is 49.1. The maximum Gasteiger partial charge on any atom is 0.306 e. The van der Waals surface area contributed by atoms with Gasteiger partial charge in [0.1, 0.15) is 11.6 Å². The van der Waals surface area contributed by atoms with E-state index in [1.54, 1.807) is 0 Å². The van der Waals surface area contributed by atoms with Crippen LogP contribution in [-0.2, 0) is 28.7 Å². The van der Waals surface area contributed by atoms with Crippen LogP contribution in [0.3, 0.4) is 0 Å². The van der Waals surface area contributed by atoms with Crippen LogP contribution in [0.2, 0.25) is 0 Å². The van der Waals surface area contributed by atoms with Gasteiger partial charge in [-0.05, 0) is 26.9 Å². The van der Waals surface area contributed by atoms with Gasteiger partial charge in [0.05, 0.1) is 27.1 Å². The summed E-state index contributed by atoms with van der Waals surface area (Å²) < 4.78 is 8.98. The Morgan fingerprint density at radius 2 is 0.833 bits per heavy atom. The first-order chi connectivity index (χ1) is 17.2. The summed E-state index contributed by atoms with van der Waals surface area (Å²) in [6.45, 7) is 7.11. The number of rotatable bonds is 22. The number of ether oxygens (including phenoxy) is 2. The summed E-state index contributed by atoms with van der Waals surface area (Å²) in [5.41, 5.74) is 0. The second-order valence-corrected chi connectivity index (χ2v) is 9.46. The normalized spacial score (nSPS) is 10.7. The van der Waals surface area contributed by atoms with E-state index in [0.717, 1.165) is 38.8 Å². The third kappa shape index (κ3) is 26.8. The molecule has 0 aliphatic carbocycles. The Hall–Kier alpha value is -1.80. The molecule has 0 spiro atoms. The number of nitrogens with zero attached hydrogens (tertiary/aromatic N) is 2. The van der Waals surface area contributed by atoms with Crippen LogP contribution in [0.25, 0.3) is 0 Å². The van der Waals surface area contributed by atoms with Crippen molar-refractivity contribution in [2.45, 2.75) is 104 Å². The third-order valence-corrected chi connectivity index (χ3v) is 6.01. The van der Waals surface area contributed by atoms with Crippen molar-refractivity contribution in [1.82, 2.24) is 9.80 Å². The van der Waals surface area contributed by atoms with Crippen LogP contribution < -0.4 is 0 Å².